The molecule has 0 bridgehead atoms. The molecule has 1 N–H and O–H groups in total. The third kappa shape index (κ3) is 3.33. The molecular weight excluding hydrogens is 284 g/mol. The average molecular weight is 307 g/mol. The molecule has 1 aliphatic rings. The Balaban J connectivity index is 2.16. The molecule has 6 heteroatoms. The van der Waals surface area contributed by atoms with Crippen LogP contribution in [0.2, 0.25) is 0 Å². The van der Waals surface area contributed by atoms with Crippen molar-refractivity contribution in [3.63, 3.8) is 0 Å². The van der Waals surface area contributed by atoms with Crippen molar-refractivity contribution in [3.8, 4) is 0 Å². The van der Waals surface area contributed by atoms with Gasteiger partial charge in [-0.15, -0.1) is 0 Å². The van der Waals surface area contributed by atoms with Gasteiger partial charge in [0.25, 0.3) is 0 Å². The highest BCUT2D eigenvalue weighted by molar-refractivity contribution is 6.62. The predicted molar refractivity (Wildman–Crippen MR) is 84.5 cm³/mol. The van der Waals surface area contributed by atoms with Crippen LogP contribution in [0.4, 0.5) is 4.39 Å². The summed E-state index contributed by atoms with van der Waals surface area (Å²) in [6, 6.07) is 4.74. The van der Waals surface area contributed by atoms with Gasteiger partial charge in [0.15, 0.2) is 0 Å². The lowest BCUT2D eigenvalue weighted by Gasteiger charge is -2.32. The molecule has 0 unspecified atom stereocenters. The van der Waals surface area contributed by atoms with Gasteiger partial charge in [-0.2, -0.15) is 0 Å². The summed E-state index contributed by atoms with van der Waals surface area (Å²) in [4.78, 5) is 11.6. The molecule has 1 amide bonds. The van der Waals surface area contributed by atoms with Crippen LogP contribution >= 0.6 is 0 Å². The Hall–Kier alpha value is -1.40. The van der Waals surface area contributed by atoms with Crippen molar-refractivity contribution in [1.29, 1.82) is 0 Å². The highest BCUT2D eigenvalue weighted by Crippen LogP contribution is 2.36. The summed E-state index contributed by atoms with van der Waals surface area (Å²) in [5.74, 6) is -0.536. The van der Waals surface area contributed by atoms with Gasteiger partial charge in [0.1, 0.15) is 5.82 Å². The molecule has 1 aliphatic heterocycles. The van der Waals surface area contributed by atoms with E-state index in [0.717, 1.165) is 0 Å². The fraction of sp³-hybridized carbons (Fsp3) is 0.562. The monoisotopic (exact) mass is 307 g/mol. The van der Waals surface area contributed by atoms with Crippen LogP contribution in [0.25, 0.3) is 0 Å². The summed E-state index contributed by atoms with van der Waals surface area (Å²) in [6.07, 6.45) is 0.161. The van der Waals surface area contributed by atoms with Crippen LogP contribution in [0.1, 0.15) is 40.2 Å². The topological polar surface area (TPSA) is 47.6 Å². The second-order valence-corrected chi connectivity index (χ2v) is 6.57. The zero-order chi connectivity index (χ0) is 16.5. The number of nitrogens with one attached hydrogen (secondary N) is 1. The van der Waals surface area contributed by atoms with E-state index < -0.39 is 24.1 Å². The quantitative estimate of drug-likeness (QED) is 0.863. The number of carbonyl (C=O) groups is 1. The van der Waals surface area contributed by atoms with Gasteiger partial charge >= 0.3 is 7.12 Å². The fourth-order valence-corrected chi connectivity index (χ4v) is 2.29. The van der Waals surface area contributed by atoms with Gasteiger partial charge in [-0.1, -0.05) is 12.1 Å². The molecule has 0 atom stereocenters. The second-order valence-electron chi connectivity index (χ2n) is 6.57. The predicted octanol–water partition coefficient (Wildman–Crippen LogP) is 1.80. The van der Waals surface area contributed by atoms with Crippen LogP contribution in [0.15, 0.2) is 18.2 Å². The molecule has 120 valence electrons. The minimum atomic E-state index is -0.733. The number of rotatable bonds is 4. The van der Waals surface area contributed by atoms with Crippen LogP contribution in [-0.4, -0.2) is 30.8 Å². The number of benzene rings is 1. The van der Waals surface area contributed by atoms with Crippen molar-refractivity contribution < 1.29 is 18.5 Å². The molecular formula is C16H23BFNO3. The summed E-state index contributed by atoms with van der Waals surface area (Å²) in [6.45, 7) is 10.1. The first-order valence-corrected chi connectivity index (χ1v) is 7.57. The second kappa shape index (κ2) is 6.01. The van der Waals surface area contributed by atoms with Gasteiger partial charge in [-0.3, -0.25) is 4.79 Å². The van der Waals surface area contributed by atoms with Crippen molar-refractivity contribution in [3.05, 3.63) is 29.6 Å². The lowest BCUT2D eigenvalue weighted by Crippen LogP contribution is -2.41. The van der Waals surface area contributed by atoms with E-state index in [1.54, 1.807) is 12.1 Å². The van der Waals surface area contributed by atoms with Crippen LogP contribution in [0.3, 0.4) is 0 Å². The molecule has 4 nitrogen and oxygen atoms in total. The largest absolute Gasteiger partial charge is 0.497 e. The standard InChI is InChI=1S/C16H23BFNO3/c1-6-19-14(20)10-11-7-8-12(13(18)9-11)17-21-15(2,3)16(4,5)22-17/h7-9H,6,10H2,1-5H3,(H,19,20). The van der Waals surface area contributed by atoms with E-state index >= 15 is 0 Å². The van der Waals surface area contributed by atoms with Crippen molar-refractivity contribution in [2.24, 2.45) is 0 Å². The van der Waals surface area contributed by atoms with Crippen molar-refractivity contribution in [2.45, 2.75) is 52.2 Å². The maximum Gasteiger partial charge on any atom is 0.497 e. The first-order chi connectivity index (χ1) is 10.2. The Morgan fingerprint density at radius 2 is 1.82 bits per heavy atom. The number of hydrogen-bond acceptors (Lipinski definition) is 3. The molecule has 1 saturated heterocycles. The molecule has 0 saturated carbocycles. The number of carbonyl (C=O) groups excluding carboxylic acids is 1. The first-order valence-electron chi connectivity index (χ1n) is 7.57. The molecule has 1 aromatic carbocycles. The molecule has 1 fully saturated rings. The molecule has 1 heterocycles. The summed E-state index contributed by atoms with van der Waals surface area (Å²) >= 11 is 0. The van der Waals surface area contributed by atoms with E-state index in [1.807, 2.05) is 34.6 Å². The van der Waals surface area contributed by atoms with E-state index in [-0.39, 0.29) is 12.3 Å². The van der Waals surface area contributed by atoms with E-state index in [9.17, 15) is 9.18 Å². The Morgan fingerprint density at radius 1 is 1.23 bits per heavy atom. The minimum Gasteiger partial charge on any atom is -0.399 e. The highest BCUT2D eigenvalue weighted by Gasteiger charge is 2.52. The van der Waals surface area contributed by atoms with Crippen molar-refractivity contribution in [2.75, 3.05) is 6.54 Å². The zero-order valence-corrected chi connectivity index (χ0v) is 13.8. The number of likely N-dealkylation sites (N-methyl/N-ethyl adjacent to an activating group) is 1. The van der Waals surface area contributed by atoms with Crippen LogP contribution in [0, 0.1) is 5.82 Å². The van der Waals surface area contributed by atoms with E-state index in [2.05, 4.69) is 5.32 Å². The Labute approximate surface area is 131 Å². The molecule has 0 aromatic heterocycles. The summed E-state index contributed by atoms with van der Waals surface area (Å²) in [5, 5.41) is 2.69. The van der Waals surface area contributed by atoms with Gasteiger partial charge < -0.3 is 14.6 Å². The highest BCUT2D eigenvalue weighted by atomic mass is 19.1. The maximum atomic E-state index is 14.4. The zero-order valence-electron chi connectivity index (χ0n) is 13.8. The van der Waals surface area contributed by atoms with Crippen molar-refractivity contribution >= 4 is 18.5 Å². The summed E-state index contributed by atoms with van der Waals surface area (Å²) < 4.78 is 26.0. The Bertz CT molecular complexity index is 559. The number of amides is 1. The van der Waals surface area contributed by atoms with E-state index in [0.29, 0.717) is 17.6 Å². The van der Waals surface area contributed by atoms with Gasteiger partial charge in [0.05, 0.1) is 17.6 Å². The van der Waals surface area contributed by atoms with Crippen LogP contribution in [0.5, 0.6) is 0 Å². The third-order valence-electron chi connectivity index (χ3n) is 4.31. The number of hydrogen-bond donors (Lipinski definition) is 1. The van der Waals surface area contributed by atoms with Crippen molar-refractivity contribution in [1.82, 2.24) is 5.32 Å². The maximum absolute atomic E-state index is 14.4. The van der Waals surface area contributed by atoms with Gasteiger partial charge in [0.2, 0.25) is 5.91 Å². The normalized spacial score (nSPS) is 19.3. The third-order valence-corrected chi connectivity index (χ3v) is 4.31. The summed E-state index contributed by atoms with van der Waals surface area (Å²) in [7, 11) is -0.733. The molecule has 0 radical (unpaired) electrons. The van der Waals surface area contributed by atoms with Crippen LogP contribution < -0.4 is 10.8 Å². The van der Waals surface area contributed by atoms with Gasteiger partial charge in [0, 0.05) is 12.0 Å². The number of halogens is 1. The first kappa shape index (κ1) is 17.0. The molecule has 1 aromatic rings. The van der Waals surface area contributed by atoms with E-state index in [1.165, 1.54) is 6.07 Å². The Morgan fingerprint density at radius 3 is 2.32 bits per heavy atom. The smallest absolute Gasteiger partial charge is 0.399 e. The van der Waals surface area contributed by atoms with E-state index in [4.69, 9.17) is 9.31 Å². The summed E-state index contributed by atoms with van der Waals surface area (Å²) in [5.41, 5.74) is -0.0323. The lowest BCUT2D eigenvalue weighted by atomic mass is 9.78. The molecule has 0 aliphatic carbocycles. The van der Waals surface area contributed by atoms with Gasteiger partial charge in [-0.05, 0) is 46.2 Å². The fourth-order valence-electron chi connectivity index (χ4n) is 2.29. The van der Waals surface area contributed by atoms with Crippen LogP contribution in [-0.2, 0) is 20.5 Å². The molecule has 22 heavy (non-hydrogen) atoms. The molecule has 0 spiro atoms. The van der Waals surface area contributed by atoms with Gasteiger partial charge in [-0.25, -0.2) is 4.39 Å². The molecule has 2 rings (SSSR count). The Kier molecular flexibility index (Phi) is 4.63. The average Bonchev–Trinajstić information content (AvgIpc) is 2.58. The lowest BCUT2D eigenvalue weighted by molar-refractivity contribution is -0.120. The minimum absolute atomic E-state index is 0.120. The SMILES string of the molecule is CCNC(=O)Cc1ccc(B2OC(C)(C)C(C)(C)O2)c(F)c1.